The van der Waals surface area contributed by atoms with E-state index in [0.717, 1.165) is 0 Å². The molecule has 1 unspecified atom stereocenters. The number of benzene rings is 2. The Morgan fingerprint density at radius 1 is 1.15 bits per heavy atom. The van der Waals surface area contributed by atoms with E-state index in [-0.39, 0.29) is 11.3 Å². The zero-order valence-electron chi connectivity index (χ0n) is 11.2. The lowest BCUT2D eigenvalue weighted by Gasteiger charge is -2.17. The van der Waals surface area contributed by atoms with Crippen LogP contribution in [0.3, 0.4) is 0 Å². The fraction of sp³-hybridized carbons (Fsp3) is 0.200. The number of halogens is 2. The summed E-state index contributed by atoms with van der Waals surface area (Å²) < 4.78 is 32.2. The van der Waals surface area contributed by atoms with Crippen molar-refractivity contribution in [1.82, 2.24) is 0 Å². The van der Waals surface area contributed by atoms with Gasteiger partial charge in [-0.05, 0) is 31.2 Å². The van der Waals surface area contributed by atoms with Gasteiger partial charge in [0.15, 0.2) is 11.5 Å². The van der Waals surface area contributed by atoms with Gasteiger partial charge in [-0.1, -0.05) is 6.07 Å². The zero-order valence-corrected chi connectivity index (χ0v) is 11.2. The van der Waals surface area contributed by atoms with Crippen LogP contribution >= 0.6 is 0 Å². The first-order valence-corrected chi connectivity index (χ1v) is 6.10. The maximum Gasteiger partial charge on any atom is 0.160 e. The summed E-state index contributed by atoms with van der Waals surface area (Å²) in [5.74, 6) is -0.926. The second kappa shape index (κ2) is 5.77. The van der Waals surface area contributed by atoms with Crippen molar-refractivity contribution < 1.29 is 18.6 Å². The molecule has 0 radical (unpaired) electrons. The maximum absolute atomic E-state index is 13.7. The Bertz CT molecular complexity index is 597. The molecule has 1 atom stereocenters. The van der Waals surface area contributed by atoms with Gasteiger partial charge < -0.3 is 15.2 Å². The summed E-state index contributed by atoms with van der Waals surface area (Å²) in [5, 5.41) is 12.6. The summed E-state index contributed by atoms with van der Waals surface area (Å²) in [7, 11) is 1.44. The summed E-state index contributed by atoms with van der Waals surface area (Å²) in [6, 6.07) is 7.83. The molecule has 3 nitrogen and oxygen atoms in total. The third-order valence-corrected chi connectivity index (χ3v) is 2.99. The molecule has 0 aromatic heterocycles. The highest BCUT2D eigenvalue weighted by molar-refractivity contribution is 5.55. The van der Waals surface area contributed by atoms with Crippen LogP contribution in [0.4, 0.5) is 14.5 Å². The number of hydrogen-bond donors (Lipinski definition) is 2. The van der Waals surface area contributed by atoms with Crippen LogP contribution in [-0.2, 0) is 0 Å². The largest absolute Gasteiger partial charge is 0.504 e. The number of aromatic hydroxyl groups is 1. The Morgan fingerprint density at radius 3 is 2.35 bits per heavy atom. The molecule has 0 aliphatic rings. The molecule has 106 valence electrons. The molecule has 0 aliphatic carbocycles. The van der Waals surface area contributed by atoms with E-state index < -0.39 is 17.7 Å². The molecule has 20 heavy (non-hydrogen) atoms. The summed E-state index contributed by atoms with van der Waals surface area (Å²) in [4.78, 5) is 0. The molecular weight excluding hydrogens is 264 g/mol. The van der Waals surface area contributed by atoms with Gasteiger partial charge in [0.25, 0.3) is 0 Å². The number of methoxy groups -OCH3 is 1. The third kappa shape index (κ3) is 2.82. The average molecular weight is 279 g/mol. The number of nitrogens with one attached hydrogen (secondary N) is 1. The van der Waals surface area contributed by atoms with E-state index >= 15 is 0 Å². The predicted octanol–water partition coefficient (Wildman–Crippen LogP) is 3.85. The maximum atomic E-state index is 13.7. The highest BCUT2D eigenvalue weighted by Gasteiger charge is 2.16. The van der Waals surface area contributed by atoms with Gasteiger partial charge in [0.05, 0.1) is 13.2 Å². The highest BCUT2D eigenvalue weighted by Crippen LogP contribution is 2.31. The predicted molar refractivity (Wildman–Crippen MR) is 73.1 cm³/mol. The number of anilines is 1. The minimum atomic E-state index is -0.609. The quantitative estimate of drug-likeness (QED) is 0.893. The number of ether oxygens (including phenoxy) is 1. The third-order valence-electron chi connectivity index (χ3n) is 2.99. The Morgan fingerprint density at radius 2 is 1.80 bits per heavy atom. The summed E-state index contributed by atoms with van der Waals surface area (Å²) in [6.45, 7) is 1.64. The van der Waals surface area contributed by atoms with Crippen molar-refractivity contribution in [2.24, 2.45) is 0 Å². The molecule has 0 aliphatic heterocycles. The van der Waals surface area contributed by atoms with E-state index in [1.165, 1.54) is 31.4 Å². The van der Waals surface area contributed by atoms with Crippen LogP contribution in [-0.4, -0.2) is 12.2 Å². The molecular formula is C15H15F2NO2. The number of rotatable bonds is 4. The zero-order chi connectivity index (χ0) is 14.7. The van der Waals surface area contributed by atoms with Gasteiger partial charge in [-0.15, -0.1) is 0 Å². The van der Waals surface area contributed by atoms with E-state index in [2.05, 4.69) is 5.32 Å². The first-order chi connectivity index (χ1) is 9.52. The Balaban J connectivity index is 2.23. The number of phenolic OH excluding ortho intramolecular Hbond substituents is 1. The smallest absolute Gasteiger partial charge is 0.160 e. The van der Waals surface area contributed by atoms with E-state index in [4.69, 9.17) is 4.74 Å². The minimum absolute atomic E-state index is 0.0391. The van der Waals surface area contributed by atoms with Crippen molar-refractivity contribution in [3.8, 4) is 11.5 Å². The van der Waals surface area contributed by atoms with Gasteiger partial charge in [0.1, 0.15) is 11.6 Å². The standard InChI is InChI=1S/C15H15F2NO2/c1-9(15-11(16)4-3-5-12(15)17)18-10-6-7-14(20-2)13(19)8-10/h3-9,18-19H,1-2H3. The molecule has 0 bridgehead atoms. The normalized spacial score (nSPS) is 12.0. The topological polar surface area (TPSA) is 41.5 Å². The molecule has 0 amide bonds. The molecule has 2 aromatic rings. The summed E-state index contributed by atoms with van der Waals surface area (Å²) in [5.41, 5.74) is 0.501. The molecule has 2 N–H and O–H groups in total. The fourth-order valence-electron chi connectivity index (χ4n) is 2.03. The minimum Gasteiger partial charge on any atom is -0.504 e. The van der Waals surface area contributed by atoms with Gasteiger partial charge in [-0.3, -0.25) is 0 Å². The molecule has 0 heterocycles. The highest BCUT2D eigenvalue weighted by atomic mass is 19.1. The first-order valence-electron chi connectivity index (χ1n) is 6.10. The van der Waals surface area contributed by atoms with Crippen molar-refractivity contribution in [3.05, 3.63) is 53.6 Å². The Kier molecular flexibility index (Phi) is 4.08. The Hall–Kier alpha value is -2.30. The van der Waals surface area contributed by atoms with Crippen molar-refractivity contribution in [2.75, 3.05) is 12.4 Å². The van der Waals surface area contributed by atoms with Gasteiger partial charge in [-0.25, -0.2) is 8.78 Å². The number of phenols is 1. The molecule has 0 spiro atoms. The molecule has 0 fully saturated rings. The number of hydrogen-bond acceptors (Lipinski definition) is 3. The van der Waals surface area contributed by atoms with E-state index in [1.54, 1.807) is 19.1 Å². The Labute approximate surface area is 115 Å². The van der Waals surface area contributed by atoms with Crippen molar-refractivity contribution in [1.29, 1.82) is 0 Å². The van der Waals surface area contributed by atoms with Crippen LogP contribution in [0, 0.1) is 11.6 Å². The second-order valence-corrected chi connectivity index (χ2v) is 4.39. The first kappa shape index (κ1) is 14.1. The lowest BCUT2D eigenvalue weighted by molar-refractivity contribution is 0.373. The molecule has 2 aromatic carbocycles. The summed E-state index contributed by atoms with van der Waals surface area (Å²) in [6.07, 6.45) is 0. The van der Waals surface area contributed by atoms with Crippen LogP contribution in [0.2, 0.25) is 0 Å². The van der Waals surface area contributed by atoms with Gasteiger partial charge in [0.2, 0.25) is 0 Å². The van der Waals surface area contributed by atoms with Gasteiger partial charge >= 0.3 is 0 Å². The van der Waals surface area contributed by atoms with E-state index in [9.17, 15) is 13.9 Å². The lowest BCUT2D eigenvalue weighted by Crippen LogP contribution is -2.10. The van der Waals surface area contributed by atoms with Gasteiger partial charge in [0, 0.05) is 17.3 Å². The second-order valence-electron chi connectivity index (χ2n) is 4.39. The van der Waals surface area contributed by atoms with E-state index in [0.29, 0.717) is 11.4 Å². The SMILES string of the molecule is COc1ccc(NC(C)c2c(F)cccc2F)cc1O. The monoisotopic (exact) mass is 279 g/mol. The van der Waals surface area contributed by atoms with Crippen molar-refractivity contribution in [2.45, 2.75) is 13.0 Å². The molecule has 0 saturated heterocycles. The van der Waals surface area contributed by atoms with Crippen LogP contribution < -0.4 is 10.1 Å². The molecule has 0 saturated carbocycles. The lowest BCUT2D eigenvalue weighted by atomic mass is 10.1. The average Bonchev–Trinajstić information content (AvgIpc) is 2.38. The van der Waals surface area contributed by atoms with Crippen molar-refractivity contribution in [3.63, 3.8) is 0 Å². The van der Waals surface area contributed by atoms with Crippen molar-refractivity contribution >= 4 is 5.69 Å². The van der Waals surface area contributed by atoms with E-state index in [1.807, 2.05) is 0 Å². The molecule has 5 heteroatoms. The van der Waals surface area contributed by atoms with Crippen LogP contribution in [0.5, 0.6) is 11.5 Å². The summed E-state index contributed by atoms with van der Waals surface area (Å²) >= 11 is 0. The molecule has 2 rings (SSSR count). The van der Waals surface area contributed by atoms with Crippen LogP contribution in [0.15, 0.2) is 36.4 Å². The van der Waals surface area contributed by atoms with Crippen LogP contribution in [0.1, 0.15) is 18.5 Å². The van der Waals surface area contributed by atoms with Gasteiger partial charge in [-0.2, -0.15) is 0 Å². The van der Waals surface area contributed by atoms with Crippen LogP contribution in [0.25, 0.3) is 0 Å². The fourth-order valence-corrected chi connectivity index (χ4v) is 2.03.